The number of ether oxygens (including phenoxy) is 2. The number of nitrogens with one attached hydrogen (secondary N) is 1. The van der Waals surface area contributed by atoms with Crippen molar-refractivity contribution in [2.24, 2.45) is 10.8 Å². The van der Waals surface area contributed by atoms with E-state index in [1.165, 1.54) is 5.56 Å². The predicted molar refractivity (Wildman–Crippen MR) is 108 cm³/mol. The highest BCUT2D eigenvalue weighted by Gasteiger charge is 2.49. The van der Waals surface area contributed by atoms with Crippen LogP contribution >= 0.6 is 0 Å². The van der Waals surface area contributed by atoms with Gasteiger partial charge in [-0.05, 0) is 42.2 Å². The third-order valence-electron chi connectivity index (χ3n) is 5.93. The molecule has 0 unspecified atom stereocenters. The first-order valence-corrected chi connectivity index (χ1v) is 9.47. The molecule has 8 nitrogen and oxygen atoms in total. The topological polar surface area (TPSA) is 106 Å². The Hall–Kier alpha value is -3.29. The van der Waals surface area contributed by atoms with Gasteiger partial charge in [0, 0.05) is 24.4 Å². The van der Waals surface area contributed by atoms with Crippen LogP contribution < -0.4 is 20.6 Å². The third kappa shape index (κ3) is 2.95. The second-order valence-electron chi connectivity index (χ2n) is 7.46. The number of hydrazone groups is 1. The van der Waals surface area contributed by atoms with Crippen LogP contribution in [0.5, 0.6) is 11.5 Å². The van der Waals surface area contributed by atoms with Gasteiger partial charge in [-0.15, -0.1) is 0 Å². The molecule has 0 bridgehead atoms. The molecule has 3 N–H and O–H groups in total. The SMILES string of the molecule is COc1cc2c3c(c1OC)C1(C=CC(=NNC(N)=O)C=C1)C[C@@H]3N(C(C)=O)CC2. The van der Waals surface area contributed by atoms with E-state index in [1.807, 2.05) is 35.3 Å². The molecule has 3 amide bonds. The molecule has 3 aliphatic rings. The van der Waals surface area contributed by atoms with Crippen LogP contribution in [-0.2, 0) is 16.6 Å². The Balaban J connectivity index is 1.87. The van der Waals surface area contributed by atoms with E-state index in [0.29, 0.717) is 30.2 Å². The molecule has 8 heteroatoms. The highest BCUT2D eigenvalue weighted by Crippen LogP contribution is 2.58. The standard InChI is InChI=1S/C21H24N4O4/c1-12(26)25-9-6-13-10-16(28-2)19(29-3)18-17(13)15(25)11-21(18)7-4-14(5-8-21)23-24-20(22)27/h4-5,7-8,10,15H,6,9,11H2,1-3H3,(H3,22,24,27)/t15-,21?/m0/s1. The van der Waals surface area contributed by atoms with Gasteiger partial charge in [0.25, 0.3) is 0 Å². The van der Waals surface area contributed by atoms with Gasteiger partial charge >= 0.3 is 6.03 Å². The fourth-order valence-electron chi connectivity index (χ4n) is 4.75. The molecule has 1 aliphatic heterocycles. The fourth-order valence-corrected chi connectivity index (χ4v) is 4.75. The first-order chi connectivity index (χ1) is 13.9. The van der Waals surface area contributed by atoms with Crippen LogP contribution in [0.2, 0.25) is 0 Å². The summed E-state index contributed by atoms with van der Waals surface area (Å²) in [7, 11) is 3.26. The van der Waals surface area contributed by atoms with E-state index in [1.54, 1.807) is 21.1 Å². The number of nitrogens with zero attached hydrogens (tertiary/aromatic N) is 2. The summed E-state index contributed by atoms with van der Waals surface area (Å²) in [5.74, 6) is 1.44. The van der Waals surface area contributed by atoms with Gasteiger partial charge in [-0.25, -0.2) is 10.2 Å². The van der Waals surface area contributed by atoms with Crippen LogP contribution in [0.1, 0.15) is 36.1 Å². The number of carbonyl (C=O) groups excluding carboxylic acids is 2. The lowest BCUT2D eigenvalue weighted by Crippen LogP contribution is -2.38. The number of nitrogens with two attached hydrogens (primary N) is 1. The van der Waals surface area contributed by atoms with Crippen LogP contribution in [0, 0.1) is 0 Å². The number of hydrogen-bond acceptors (Lipinski definition) is 5. The number of fused-ring (bicyclic) bond motifs is 1. The first-order valence-electron chi connectivity index (χ1n) is 9.47. The lowest BCUT2D eigenvalue weighted by atomic mass is 9.77. The molecule has 1 spiro atoms. The van der Waals surface area contributed by atoms with Crippen LogP contribution in [-0.4, -0.2) is 43.3 Å². The molecule has 4 rings (SSSR count). The molecule has 0 radical (unpaired) electrons. The van der Waals surface area contributed by atoms with Crippen LogP contribution in [0.3, 0.4) is 0 Å². The minimum absolute atomic E-state index is 0.0254. The second-order valence-corrected chi connectivity index (χ2v) is 7.46. The van der Waals surface area contributed by atoms with Gasteiger partial charge in [0.05, 0.1) is 26.0 Å². The van der Waals surface area contributed by atoms with Crippen LogP contribution in [0.4, 0.5) is 4.79 Å². The van der Waals surface area contributed by atoms with Crippen molar-refractivity contribution < 1.29 is 19.1 Å². The zero-order chi connectivity index (χ0) is 20.8. The highest BCUT2D eigenvalue weighted by molar-refractivity contribution is 6.06. The highest BCUT2D eigenvalue weighted by atomic mass is 16.5. The van der Waals surface area contributed by atoms with E-state index in [2.05, 4.69) is 10.5 Å². The summed E-state index contributed by atoms with van der Waals surface area (Å²) in [6.45, 7) is 2.30. The van der Waals surface area contributed by atoms with Crippen molar-refractivity contribution in [3.05, 3.63) is 47.1 Å². The van der Waals surface area contributed by atoms with Crippen molar-refractivity contribution in [3.63, 3.8) is 0 Å². The quantitative estimate of drug-likeness (QED) is 0.762. The number of allylic oxidation sites excluding steroid dienone is 4. The smallest absolute Gasteiger partial charge is 0.332 e. The molecule has 1 atom stereocenters. The summed E-state index contributed by atoms with van der Waals surface area (Å²) in [5.41, 5.74) is 10.8. The lowest BCUT2D eigenvalue weighted by molar-refractivity contribution is -0.131. The molecule has 1 aromatic rings. The normalized spacial score (nSPS) is 23.8. The zero-order valence-electron chi connectivity index (χ0n) is 16.7. The number of primary amides is 1. The van der Waals surface area contributed by atoms with Crippen molar-refractivity contribution in [1.29, 1.82) is 0 Å². The maximum Gasteiger partial charge on any atom is 0.332 e. The number of rotatable bonds is 3. The summed E-state index contributed by atoms with van der Waals surface area (Å²) in [4.78, 5) is 25.2. The summed E-state index contributed by atoms with van der Waals surface area (Å²) >= 11 is 0. The Morgan fingerprint density at radius 1 is 1.28 bits per heavy atom. The molecular formula is C21H24N4O4. The number of amides is 3. The molecular weight excluding hydrogens is 372 g/mol. The van der Waals surface area contributed by atoms with E-state index in [4.69, 9.17) is 15.2 Å². The third-order valence-corrected chi connectivity index (χ3v) is 5.93. The Morgan fingerprint density at radius 3 is 2.59 bits per heavy atom. The average molecular weight is 396 g/mol. The number of hydrogen-bond donors (Lipinski definition) is 2. The van der Waals surface area contributed by atoms with Gasteiger partial charge in [0.1, 0.15) is 0 Å². The van der Waals surface area contributed by atoms with Crippen molar-refractivity contribution >= 4 is 17.6 Å². The van der Waals surface area contributed by atoms with Gasteiger partial charge in [0.2, 0.25) is 5.91 Å². The largest absolute Gasteiger partial charge is 0.493 e. The summed E-state index contributed by atoms with van der Waals surface area (Å²) < 4.78 is 11.4. The van der Waals surface area contributed by atoms with E-state index in [-0.39, 0.29) is 11.9 Å². The lowest BCUT2D eigenvalue weighted by Gasteiger charge is -2.35. The monoisotopic (exact) mass is 396 g/mol. The summed E-state index contributed by atoms with van der Waals surface area (Å²) in [6.07, 6.45) is 9.26. The van der Waals surface area contributed by atoms with Gasteiger partial charge < -0.3 is 20.1 Å². The summed E-state index contributed by atoms with van der Waals surface area (Å²) in [5, 5.41) is 3.98. The summed E-state index contributed by atoms with van der Waals surface area (Å²) in [6, 6.07) is 1.29. The molecule has 1 aromatic carbocycles. The second kappa shape index (κ2) is 6.95. The van der Waals surface area contributed by atoms with Crippen molar-refractivity contribution in [3.8, 4) is 11.5 Å². The Kier molecular flexibility index (Phi) is 4.56. The zero-order valence-corrected chi connectivity index (χ0v) is 16.7. The van der Waals surface area contributed by atoms with Gasteiger partial charge in [-0.2, -0.15) is 5.10 Å². The average Bonchev–Trinajstić information content (AvgIpc) is 3.03. The van der Waals surface area contributed by atoms with Crippen LogP contribution in [0.15, 0.2) is 35.5 Å². The van der Waals surface area contributed by atoms with Gasteiger partial charge in [-0.1, -0.05) is 12.2 Å². The predicted octanol–water partition coefficient (Wildman–Crippen LogP) is 1.94. The van der Waals surface area contributed by atoms with E-state index >= 15 is 0 Å². The maximum atomic E-state index is 12.3. The Bertz CT molecular complexity index is 963. The first kappa shape index (κ1) is 19.0. The van der Waals surface area contributed by atoms with E-state index in [0.717, 1.165) is 17.5 Å². The number of benzene rings is 1. The van der Waals surface area contributed by atoms with E-state index in [9.17, 15) is 9.59 Å². The Labute approximate surface area is 169 Å². The molecule has 1 heterocycles. The molecule has 152 valence electrons. The molecule has 0 saturated heterocycles. The number of carbonyl (C=O) groups is 2. The van der Waals surface area contributed by atoms with Gasteiger partial charge in [0.15, 0.2) is 11.5 Å². The molecule has 0 fully saturated rings. The molecule has 0 aromatic heterocycles. The molecule has 2 aliphatic carbocycles. The van der Waals surface area contributed by atoms with Gasteiger partial charge in [-0.3, -0.25) is 4.79 Å². The minimum atomic E-state index is -0.718. The number of urea groups is 1. The van der Waals surface area contributed by atoms with E-state index < -0.39 is 11.4 Å². The fraction of sp³-hybridized carbons (Fsp3) is 0.381. The van der Waals surface area contributed by atoms with Crippen LogP contribution in [0.25, 0.3) is 0 Å². The number of methoxy groups -OCH3 is 2. The Morgan fingerprint density at radius 2 is 2.00 bits per heavy atom. The molecule has 0 saturated carbocycles. The maximum absolute atomic E-state index is 12.3. The minimum Gasteiger partial charge on any atom is -0.493 e. The van der Waals surface area contributed by atoms with Crippen molar-refractivity contribution in [1.82, 2.24) is 10.3 Å². The molecule has 29 heavy (non-hydrogen) atoms. The van der Waals surface area contributed by atoms with Crippen molar-refractivity contribution in [2.45, 2.75) is 31.2 Å². The van der Waals surface area contributed by atoms with Crippen molar-refractivity contribution in [2.75, 3.05) is 20.8 Å².